The van der Waals surface area contributed by atoms with Crippen LogP contribution in [-0.4, -0.2) is 73.7 Å². The molecule has 0 radical (unpaired) electrons. The van der Waals surface area contributed by atoms with Crippen LogP contribution in [0, 0.1) is 12.8 Å². The van der Waals surface area contributed by atoms with Gasteiger partial charge in [-0.15, -0.1) is 0 Å². The van der Waals surface area contributed by atoms with Crippen LogP contribution >= 0.6 is 0 Å². The molecule has 5 aliphatic rings. The monoisotopic (exact) mass is 476 g/mol. The van der Waals surface area contributed by atoms with Gasteiger partial charge < -0.3 is 15.1 Å². The fraction of sp³-hybridized carbons (Fsp3) is 0.690. The van der Waals surface area contributed by atoms with Gasteiger partial charge in [-0.05, 0) is 113 Å². The van der Waals surface area contributed by atoms with Gasteiger partial charge in [0.1, 0.15) is 5.75 Å². The van der Waals surface area contributed by atoms with Crippen LogP contribution in [0.25, 0.3) is 0 Å². The van der Waals surface area contributed by atoms with Gasteiger partial charge in [0.05, 0.1) is 17.8 Å². The Bertz CT molecular complexity index is 1110. The van der Waals surface area contributed by atoms with E-state index in [-0.39, 0.29) is 11.5 Å². The van der Waals surface area contributed by atoms with Gasteiger partial charge in [-0.3, -0.25) is 9.58 Å². The Hall–Kier alpha value is -1.89. The van der Waals surface area contributed by atoms with Crippen LogP contribution in [0.15, 0.2) is 30.6 Å². The molecule has 0 unspecified atom stereocenters. The van der Waals surface area contributed by atoms with E-state index < -0.39 is 5.60 Å². The van der Waals surface area contributed by atoms with Crippen molar-refractivity contribution >= 4 is 0 Å². The number of rotatable bonds is 4. The minimum Gasteiger partial charge on any atom is -0.508 e. The number of aromatic hydroxyl groups is 1. The Kier molecular flexibility index (Phi) is 5.14. The van der Waals surface area contributed by atoms with Crippen LogP contribution in [-0.2, 0) is 11.8 Å². The Labute approximate surface area is 208 Å². The largest absolute Gasteiger partial charge is 0.508 e. The number of hydrogen-bond donors (Lipinski definition) is 2. The second-order valence-corrected chi connectivity index (χ2v) is 12.4. The van der Waals surface area contributed by atoms with Gasteiger partial charge in [-0.25, -0.2) is 0 Å². The van der Waals surface area contributed by atoms with Crippen molar-refractivity contribution in [2.45, 2.75) is 93.9 Å². The molecule has 4 fully saturated rings. The van der Waals surface area contributed by atoms with E-state index in [4.69, 9.17) is 0 Å². The minimum absolute atomic E-state index is 0.192. The topological polar surface area (TPSA) is 64.8 Å². The predicted octanol–water partition coefficient (Wildman–Crippen LogP) is 3.80. The van der Waals surface area contributed by atoms with Crippen LogP contribution in [0.3, 0.4) is 0 Å². The van der Waals surface area contributed by atoms with Crippen molar-refractivity contribution < 1.29 is 10.2 Å². The van der Waals surface area contributed by atoms with Gasteiger partial charge in [0, 0.05) is 36.8 Å². The van der Waals surface area contributed by atoms with Crippen molar-refractivity contribution in [3.8, 4) is 5.75 Å². The van der Waals surface area contributed by atoms with Crippen molar-refractivity contribution in [1.29, 1.82) is 0 Å². The van der Waals surface area contributed by atoms with E-state index in [9.17, 15) is 10.2 Å². The lowest BCUT2D eigenvalue weighted by Gasteiger charge is -2.61. The summed E-state index contributed by atoms with van der Waals surface area (Å²) in [5, 5.41) is 27.8. The van der Waals surface area contributed by atoms with Gasteiger partial charge in [0.25, 0.3) is 0 Å². The summed E-state index contributed by atoms with van der Waals surface area (Å²) >= 11 is 0. The highest BCUT2D eigenvalue weighted by Gasteiger charge is 2.63. The molecule has 6 nitrogen and oxygen atoms in total. The molecule has 2 saturated carbocycles. The number of aliphatic hydroxyl groups is 1. The highest BCUT2D eigenvalue weighted by atomic mass is 16.3. The van der Waals surface area contributed by atoms with Crippen LogP contribution in [0.5, 0.6) is 5.75 Å². The molecule has 6 heteroatoms. The van der Waals surface area contributed by atoms with Gasteiger partial charge in [-0.2, -0.15) is 5.10 Å². The molecule has 2 N–H and O–H groups in total. The number of likely N-dealkylation sites (tertiary alicyclic amines) is 2. The molecule has 1 aromatic heterocycles. The van der Waals surface area contributed by atoms with Crippen LogP contribution in [0.2, 0.25) is 0 Å². The first kappa shape index (κ1) is 22.3. The Morgan fingerprint density at radius 2 is 1.83 bits per heavy atom. The molecule has 2 aliphatic heterocycles. The highest BCUT2D eigenvalue weighted by Crippen LogP contribution is 2.57. The number of phenols is 1. The standard InChI is InChI=1S/C29H40N4O2/c1-20-17-30-33(18-20)24-6-5-23(15-24)31-11-8-28-9-12-32(19-21-2-3-21)27(29(28,35)10-13-31)14-22-4-7-25(34)16-26(22)28/h4,7,16-18,21,23-24,27,34-35H,2-3,5-6,8-15,19H2,1H3/t23-,24+,27-,28+,29-/m1/s1. The number of fused-ring (bicyclic) bond motifs is 1. The molecule has 2 bridgehead atoms. The summed E-state index contributed by atoms with van der Waals surface area (Å²) in [6.45, 7) is 6.33. The van der Waals surface area contributed by atoms with E-state index in [2.05, 4.69) is 38.8 Å². The quantitative estimate of drug-likeness (QED) is 0.703. The molecule has 2 saturated heterocycles. The SMILES string of the molecule is Cc1cnn([C@H]2CC[C@@H](N3CC[C@]45CCN(CC6CC6)[C@H](Cc6ccc(O)cc64)[C@]5(O)CC3)C2)c1. The first-order chi connectivity index (χ1) is 16.9. The first-order valence-corrected chi connectivity index (χ1v) is 14.0. The molecule has 188 valence electrons. The van der Waals surface area contributed by atoms with Gasteiger partial charge >= 0.3 is 0 Å². The maximum atomic E-state index is 12.7. The lowest BCUT2D eigenvalue weighted by molar-refractivity contribution is -0.149. The van der Waals surface area contributed by atoms with Crippen molar-refractivity contribution in [2.75, 3.05) is 26.2 Å². The van der Waals surface area contributed by atoms with E-state index in [0.29, 0.717) is 17.8 Å². The molecule has 1 aromatic carbocycles. The Morgan fingerprint density at radius 3 is 2.63 bits per heavy atom. The number of piperidine rings is 1. The van der Waals surface area contributed by atoms with Gasteiger partial charge in [0.2, 0.25) is 0 Å². The third-order valence-corrected chi connectivity index (χ3v) is 10.5. The third-order valence-electron chi connectivity index (χ3n) is 10.5. The maximum Gasteiger partial charge on any atom is 0.115 e. The predicted molar refractivity (Wildman–Crippen MR) is 136 cm³/mol. The van der Waals surface area contributed by atoms with E-state index in [1.54, 1.807) is 0 Å². The zero-order chi connectivity index (χ0) is 23.8. The van der Waals surface area contributed by atoms with Crippen LogP contribution < -0.4 is 0 Å². The van der Waals surface area contributed by atoms with Crippen LogP contribution in [0.4, 0.5) is 0 Å². The smallest absolute Gasteiger partial charge is 0.115 e. The van der Waals surface area contributed by atoms with Gasteiger partial charge in [0.15, 0.2) is 0 Å². The molecule has 3 heterocycles. The lowest BCUT2D eigenvalue weighted by atomic mass is 9.52. The highest BCUT2D eigenvalue weighted by molar-refractivity contribution is 5.48. The fourth-order valence-corrected chi connectivity index (χ4v) is 8.39. The third kappa shape index (κ3) is 3.51. The first-order valence-electron chi connectivity index (χ1n) is 14.0. The summed E-state index contributed by atoms with van der Waals surface area (Å²) in [6.07, 6.45) is 14.1. The summed E-state index contributed by atoms with van der Waals surface area (Å²) in [4.78, 5) is 5.34. The second-order valence-electron chi connectivity index (χ2n) is 12.4. The average molecular weight is 477 g/mol. The van der Waals surface area contributed by atoms with E-state index >= 15 is 0 Å². The molecule has 5 atom stereocenters. The normalized spacial score (nSPS) is 37.6. The maximum absolute atomic E-state index is 12.7. The van der Waals surface area contributed by atoms with E-state index in [1.807, 2.05) is 18.3 Å². The number of phenolic OH excluding ortho intramolecular Hbond substituents is 1. The van der Waals surface area contributed by atoms with Gasteiger partial charge in [-0.1, -0.05) is 6.07 Å². The number of aromatic nitrogens is 2. The molecule has 3 aliphatic carbocycles. The molecule has 7 rings (SSSR count). The molecular weight excluding hydrogens is 436 g/mol. The molecule has 0 amide bonds. The molecule has 2 aromatic rings. The van der Waals surface area contributed by atoms with Crippen molar-refractivity contribution in [2.24, 2.45) is 5.92 Å². The van der Waals surface area contributed by atoms with Crippen molar-refractivity contribution in [3.63, 3.8) is 0 Å². The van der Waals surface area contributed by atoms with E-state index in [1.165, 1.54) is 42.4 Å². The number of hydrogen-bond acceptors (Lipinski definition) is 5. The summed E-state index contributed by atoms with van der Waals surface area (Å²) in [6, 6.07) is 7.23. The zero-order valence-electron chi connectivity index (χ0n) is 21.1. The molecule has 35 heavy (non-hydrogen) atoms. The van der Waals surface area contributed by atoms with Crippen molar-refractivity contribution in [1.82, 2.24) is 19.6 Å². The second kappa shape index (κ2) is 8.06. The van der Waals surface area contributed by atoms with Crippen molar-refractivity contribution in [3.05, 3.63) is 47.3 Å². The van der Waals surface area contributed by atoms with Crippen LogP contribution in [0.1, 0.15) is 74.1 Å². The summed E-state index contributed by atoms with van der Waals surface area (Å²) < 4.78 is 2.18. The zero-order valence-corrected chi connectivity index (χ0v) is 21.1. The summed E-state index contributed by atoms with van der Waals surface area (Å²) in [5.41, 5.74) is 2.84. The fourth-order valence-electron chi connectivity index (χ4n) is 8.39. The average Bonchev–Trinajstić information content (AvgIpc) is 3.39. The lowest BCUT2D eigenvalue weighted by Crippen LogP contribution is -2.71. The molecular formula is C29H40N4O2. The molecule has 0 spiro atoms. The minimum atomic E-state index is -0.729. The summed E-state index contributed by atoms with van der Waals surface area (Å²) in [7, 11) is 0. The number of nitrogens with zero attached hydrogens (tertiary/aromatic N) is 4. The number of benzene rings is 1. The van der Waals surface area contributed by atoms with E-state index in [0.717, 1.165) is 64.2 Å². The summed E-state index contributed by atoms with van der Waals surface area (Å²) in [5.74, 6) is 1.17. The Morgan fingerprint density at radius 1 is 1.03 bits per heavy atom. The Balaban J connectivity index is 1.19. The number of aryl methyl sites for hydroxylation is 1.